The van der Waals surface area contributed by atoms with Crippen molar-refractivity contribution in [3.8, 4) is 11.1 Å². The third-order valence-corrected chi connectivity index (χ3v) is 9.69. The Kier molecular flexibility index (Phi) is 8.24. The molecule has 1 heterocycles. The monoisotopic (exact) mass is 665 g/mol. The van der Waals surface area contributed by atoms with Gasteiger partial charge in [0.15, 0.2) is 5.58 Å². The van der Waals surface area contributed by atoms with Crippen LogP contribution in [0.1, 0.15) is 22.3 Å². The molecule has 0 bridgehead atoms. The minimum absolute atomic E-state index is 0.872. The van der Waals surface area contributed by atoms with Gasteiger partial charge in [0.1, 0.15) is 5.58 Å². The van der Waals surface area contributed by atoms with Crippen LogP contribution in [0.4, 0.5) is 17.1 Å². The van der Waals surface area contributed by atoms with Gasteiger partial charge in [0.2, 0.25) is 0 Å². The maximum atomic E-state index is 6.51. The summed E-state index contributed by atoms with van der Waals surface area (Å²) in [6, 6.07) is 75.2. The van der Waals surface area contributed by atoms with Gasteiger partial charge in [-0.15, -0.1) is 0 Å². The lowest BCUT2D eigenvalue weighted by molar-refractivity contribution is 0.669. The molecule has 0 aliphatic heterocycles. The molecule has 0 saturated carbocycles. The van der Waals surface area contributed by atoms with E-state index in [0.29, 0.717) is 0 Å². The van der Waals surface area contributed by atoms with Crippen molar-refractivity contribution in [1.82, 2.24) is 0 Å². The Hall–Kier alpha value is -6.90. The molecular formula is C50H35NO. The number of furan rings is 1. The van der Waals surface area contributed by atoms with E-state index < -0.39 is 0 Å². The molecule has 0 N–H and O–H groups in total. The second-order valence-electron chi connectivity index (χ2n) is 12.9. The predicted molar refractivity (Wildman–Crippen MR) is 218 cm³/mol. The highest BCUT2D eigenvalue weighted by atomic mass is 16.3. The van der Waals surface area contributed by atoms with Crippen LogP contribution in [0.25, 0.3) is 44.2 Å². The first-order chi connectivity index (χ1) is 25.8. The van der Waals surface area contributed by atoms with Crippen LogP contribution in [0.2, 0.25) is 0 Å². The van der Waals surface area contributed by atoms with E-state index in [9.17, 15) is 0 Å². The smallest absolute Gasteiger partial charge is 0.159 e. The minimum Gasteiger partial charge on any atom is -0.454 e. The molecule has 0 amide bonds. The summed E-state index contributed by atoms with van der Waals surface area (Å²) >= 11 is 0. The average Bonchev–Trinajstić information content (AvgIpc) is 3.61. The Labute approximate surface area is 304 Å². The first-order valence-electron chi connectivity index (χ1n) is 17.7. The Morgan fingerprint density at radius 1 is 0.346 bits per heavy atom. The molecule has 0 aliphatic rings. The van der Waals surface area contributed by atoms with Crippen LogP contribution in [0, 0.1) is 0 Å². The van der Waals surface area contributed by atoms with Crippen LogP contribution in [0.5, 0.6) is 0 Å². The molecule has 1 aromatic heterocycles. The Morgan fingerprint density at radius 2 is 0.827 bits per heavy atom. The zero-order valence-corrected chi connectivity index (χ0v) is 28.6. The summed E-state index contributed by atoms with van der Waals surface area (Å²) < 4.78 is 6.51. The molecule has 0 atom stereocenters. The van der Waals surface area contributed by atoms with Crippen molar-refractivity contribution in [2.75, 3.05) is 4.90 Å². The van der Waals surface area contributed by atoms with Crippen molar-refractivity contribution >= 4 is 50.1 Å². The third kappa shape index (κ3) is 5.87. The van der Waals surface area contributed by atoms with Crippen LogP contribution in [-0.4, -0.2) is 0 Å². The summed E-state index contributed by atoms with van der Waals surface area (Å²) in [6.45, 7) is 0. The van der Waals surface area contributed by atoms with Crippen LogP contribution >= 0.6 is 0 Å². The van der Waals surface area contributed by atoms with Crippen molar-refractivity contribution in [2.45, 2.75) is 0 Å². The molecule has 0 radical (unpaired) electrons. The number of fused-ring (bicyclic) bond motifs is 3. The maximum Gasteiger partial charge on any atom is 0.159 e. The van der Waals surface area contributed by atoms with Crippen molar-refractivity contribution in [1.29, 1.82) is 0 Å². The van der Waals surface area contributed by atoms with E-state index in [1.165, 1.54) is 27.8 Å². The van der Waals surface area contributed by atoms with E-state index in [-0.39, 0.29) is 0 Å². The van der Waals surface area contributed by atoms with Crippen LogP contribution < -0.4 is 4.90 Å². The molecule has 0 saturated heterocycles. The lowest BCUT2D eigenvalue weighted by Crippen LogP contribution is -2.10. The second-order valence-corrected chi connectivity index (χ2v) is 12.9. The standard InChI is InChI=1S/C50H35NO/c1-5-17-37(18-6-1)48(38-19-7-2-8-20-38)49(39-21-9-3-10-22-39)41-24-15-23-40(35-41)36-31-33-43(34-32-36)51(42-25-11-4-12-26-42)46-29-16-28-45-44-27-13-14-30-47(44)52-50(45)46/h1-35H. The minimum atomic E-state index is 0.872. The molecule has 2 heteroatoms. The molecule has 246 valence electrons. The number of nitrogens with zero attached hydrogens (tertiary/aromatic N) is 1. The Balaban J connectivity index is 1.17. The molecule has 9 aromatic rings. The first-order valence-corrected chi connectivity index (χ1v) is 17.7. The number of hydrogen-bond acceptors (Lipinski definition) is 2. The van der Waals surface area contributed by atoms with Gasteiger partial charge in [0.05, 0.1) is 5.69 Å². The predicted octanol–water partition coefficient (Wildman–Crippen LogP) is 13.7. The fraction of sp³-hybridized carbons (Fsp3) is 0. The van der Waals surface area contributed by atoms with E-state index in [1.54, 1.807) is 0 Å². The Morgan fingerprint density at radius 3 is 1.46 bits per heavy atom. The van der Waals surface area contributed by atoms with Crippen LogP contribution in [0.3, 0.4) is 0 Å². The SMILES string of the molecule is c1ccc(C(=C(c2ccccc2)c2cccc(-c3ccc(N(c4ccccc4)c4cccc5c4oc4ccccc45)cc3)c2)c2ccccc2)cc1. The summed E-state index contributed by atoms with van der Waals surface area (Å²) in [5.74, 6) is 0. The van der Waals surface area contributed by atoms with E-state index in [2.05, 4.69) is 205 Å². The van der Waals surface area contributed by atoms with Gasteiger partial charge in [-0.25, -0.2) is 0 Å². The zero-order chi connectivity index (χ0) is 34.7. The molecule has 0 aliphatic carbocycles. The van der Waals surface area contributed by atoms with Gasteiger partial charge in [-0.05, 0) is 87.0 Å². The summed E-state index contributed by atoms with van der Waals surface area (Å²) in [7, 11) is 0. The highest BCUT2D eigenvalue weighted by Gasteiger charge is 2.20. The Bertz CT molecular complexity index is 2600. The number of para-hydroxylation sites is 3. The van der Waals surface area contributed by atoms with E-state index in [4.69, 9.17) is 4.42 Å². The highest BCUT2D eigenvalue weighted by Crippen LogP contribution is 2.43. The zero-order valence-electron chi connectivity index (χ0n) is 28.6. The van der Waals surface area contributed by atoms with E-state index in [0.717, 1.165) is 55.7 Å². The topological polar surface area (TPSA) is 16.4 Å². The largest absolute Gasteiger partial charge is 0.454 e. The van der Waals surface area contributed by atoms with Crippen LogP contribution in [-0.2, 0) is 0 Å². The lowest BCUT2D eigenvalue weighted by Gasteiger charge is -2.25. The average molecular weight is 666 g/mol. The number of anilines is 3. The third-order valence-electron chi connectivity index (χ3n) is 9.69. The van der Waals surface area contributed by atoms with Gasteiger partial charge in [0.25, 0.3) is 0 Å². The number of rotatable bonds is 8. The lowest BCUT2D eigenvalue weighted by atomic mass is 9.85. The number of hydrogen-bond donors (Lipinski definition) is 0. The van der Waals surface area contributed by atoms with E-state index >= 15 is 0 Å². The second kappa shape index (κ2) is 13.8. The van der Waals surface area contributed by atoms with Gasteiger partial charge in [-0.2, -0.15) is 0 Å². The van der Waals surface area contributed by atoms with Gasteiger partial charge in [0, 0.05) is 22.1 Å². The maximum absolute atomic E-state index is 6.51. The molecule has 9 rings (SSSR count). The first kappa shape index (κ1) is 31.1. The number of benzene rings is 8. The van der Waals surface area contributed by atoms with Gasteiger partial charge in [-0.1, -0.05) is 170 Å². The van der Waals surface area contributed by atoms with Gasteiger partial charge < -0.3 is 9.32 Å². The van der Waals surface area contributed by atoms with Crippen molar-refractivity contribution in [2.24, 2.45) is 0 Å². The fourth-order valence-electron chi connectivity index (χ4n) is 7.30. The molecule has 52 heavy (non-hydrogen) atoms. The molecule has 0 unspecified atom stereocenters. The molecule has 2 nitrogen and oxygen atoms in total. The van der Waals surface area contributed by atoms with E-state index in [1.807, 2.05) is 12.1 Å². The van der Waals surface area contributed by atoms with Crippen molar-refractivity contribution < 1.29 is 4.42 Å². The summed E-state index contributed by atoms with van der Waals surface area (Å²) in [5.41, 5.74) is 14.3. The van der Waals surface area contributed by atoms with Crippen molar-refractivity contribution in [3.05, 3.63) is 235 Å². The van der Waals surface area contributed by atoms with Crippen molar-refractivity contribution in [3.63, 3.8) is 0 Å². The molecular weight excluding hydrogens is 631 g/mol. The van der Waals surface area contributed by atoms with Crippen LogP contribution in [0.15, 0.2) is 217 Å². The fourth-order valence-corrected chi connectivity index (χ4v) is 7.30. The summed E-state index contributed by atoms with van der Waals surface area (Å²) in [5, 5.41) is 2.23. The quantitative estimate of drug-likeness (QED) is 0.150. The highest BCUT2D eigenvalue weighted by molar-refractivity contribution is 6.10. The van der Waals surface area contributed by atoms with Gasteiger partial charge >= 0.3 is 0 Å². The normalized spacial score (nSPS) is 11.1. The summed E-state index contributed by atoms with van der Waals surface area (Å²) in [6.07, 6.45) is 0. The molecule has 8 aromatic carbocycles. The van der Waals surface area contributed by atoms with Gasteiger partial charge in [-0.3, -0.25) is 0 Å². The summed E-state index contributed by atoms with van der Waals surface area (Å²) in [4.78, 5) is 2.28. The molecule has 0 fully saturated rings. The molecule has 0 spiro atoms.